The highest BCUT2D eigenvalue weighted by Gasteiger charge is 2.07. The van der Waals surface area contributed by atoms with Gasteiger partial charge in [-0.3, -0.25) is 4.68 Å². The van der Waals surface area contributed by atoms with Gasteiger partial charge in [-0.2, -0.15) is 5.10 Å². The zero-order chi connectivity index (χ0) is 16.4. The van der Waals surface area contributed by atoms with Crippen LogP contribution in [0.3, 0.4) is 0 Å². The number of fused-ring (bicyclic) bond motifs is 1. The number of nitrogen functional groups attached to an aromatic ring is 1. The lowest BCUT2D eigenvalue weighted by atomic mass is 10.1. The van der Waals surface area contributed by atoms with Crippen LogP contribution in [-0.4, -0.2) is 31.2 Å². The first-order valence-corrected chi connectivity index (χ1v) is 7.87. The molecule has 6 nitrogen and oxygen atoms in total. The smallest absolute Gasteiger partial charge is 0.186 e. The Labute approximate surface area is 139 Å². The van der Waals surface area contributed by atoms with Gasteiger partial charge in [0, 0.05) is 19.3 Å². The number of nitrogens with two attached hydrogens (primary N) is 1. The van der Waals surface area contributed by atoms with Gasteiger partial charge in [-0.1, -0.05) is 36.4 Å². The highest BCUT2D eigenvalue weighted by Crippen LogP contribution is 2.16. The fourth-order valence-electron chi connectivity index (χ4n) is 2.78. The van der Waals surface area contributed by atoms with Gasteiger partial charge in [0.05, 0.1) is 11.9 Å². The number of nitrogens with zero attached hydrogens (tertiary/aromatic N) is 5. The lowest BCUT2D eigenvalue weighted by Crippen LogP contribution is -2.18. The molecule has 3 heterocycles. The van der Waals surface area contributed by atoms with Crippen molar-refractivity contribution in [3.8, 4) is 0 Å². The Morgan fingerprint density at radius 1 is 1.00 bits per heavy atom. The van der Waals surface area contributed by atoms with E-state index in [1.165, 1.54) is 17.5 Å². The SMILES string of the molecule is Nc1ncnc2nn(Cc3ccc(CN4C=CC=CC4)cc3)cc12. The summed E-state index contributed by atoms with van der Waals surface area (Å²) in [4.78, 5) is 10.4. The molecule has 2 N–H and O–H groups in total. The molecule has 6 heteroatoms. The number of aromatic nitrogens is 4. The number of hydrogen-bond donors (Lipinski definition) is 1. The summed E-state index contributed by atoms with van der Waals surface area (Å²) in [7, 11) is 0. The Hall–Kier alpha value is -3.15. The summed E-state index contributed by atoms with van der Waals surface area (Å²) in [5, 5.41) is 5.24. The van der Waals surface area contributed by atoms with E-state index in [1.807, 2.05) is 10.9 Å². The summed E-state index contributed by atoms with van der Waals surface area (Å²) in [5.41, 5.74) is 8.96. The van der Waals surface area contributed by atoms with Gasteiger partial charge in [0.2, 0.25) is 0 Å². The third-order valence-electron chi connectivity index (χ3n) is 4.03. The van der Waals surface area contributed by atoms with Gasteiger partial charge in [0.25, 0.3) is 0 Å². The zero-order valence-electron chi connectivity index (χ0n) is 13.2. The average Bonchev–Trinajstić information content (AvgIpc) is 3.02. The first-order chi connectivity index (χ1) is 11.8. The Morgan fingerprint density at radius 3 is 2.50 bits per heavy atom. The second-order valence-electron chi connectivity index (χ2n) is 5.84. The molecule has 2 aromatic heterocycles. The minimum Gasteiger partial charge on any atom is -0.383 e. The second-order valence-corrected chi connectivity index (χ2v) is 5.84. The standard InChI is InChI=1S/C18H18N6/c19-17-16-12-24(22-18(16)21-13-20-17)11-15-6-4-14(5-7-15)10-23-8-2-1-3-9-23/h1-8,12-13H,9-11H2,(H2,19,20,21,22). The van der Waals surface area contributed by atoms with Crippen LogP contribution in [0.4, 0.5) is 5.82 Å². The van der Waals surface area contributed by atoms with Crippen LogP contribution in [-0.2, 0) is 13.1 Å². The number of hydrogen-bond acceptors (Lipinski definition) is 5. The van der Waals surface area contributed by atoms with Gasteiger partial charge in [0.1, 0.15) is 12.1 Å². The van der Waals surface area contributed by atoms with Crippen LogP contribution in [0.1, 0.15) is 11.1 Å². The minimum absolute atomic E-state index is 0.463. The van der Waals surface area contributed by atoms with Crippen molar-refractivity contribution >= 4 is 16.9 Å². The molecule has 24 heavy (non-hydrogen) atoms. The van der Waals surface area contributed by atoms with Gasteiger partial charge < -0.3 is 10.6 Å². The van der Waals surface area contributed by atoms with Crippen LogP contribution >= 0.6 is 0 Å². The molecule has 0 amide bonds. The van der Waals surface area contributed by atoms with Crippen molar-refractivity contribution in [2.45, 2.75) is 13.1 Å². The first-order valence-electron chi connectivity index (χ1n) is 7.87. The quantitative estimate of drug-likeness (QED) is 0.799. The van der Waals surface area contributed by atoms with E-state index in [-0.39, 0.29) is 0 Å². The molecule has 0 bridgehead atoms. The largest absolute Gasteiger partial charge is 0.383 e. The molecule has 0 radical (unpaired) electrons. The molecule has 1 aliphatic rings. The van der Waals surface area contributed by atoms with Crippen molar-refractivity contribution in [1.82, 2.24) is 24.6 Å². The summed E-state index contributed by atoms with van der Waals surface area (Å²) >= 11 is 0. The van der Waals surface area contributed by atoms with Crippen molar-refractivity contribution in [2.75, 3.05) is 12.3 Å². The molecule has 3 aromatic rings. The van der Waals surface area contributed by atoms with E-state index in [1.54, 1.807) is 0 Å². The third kappa shape index (κ3) is 2.99. The zero-order valence-corrected chi connectivity index (χ0v) is 13.2. The molecule has 0 atom stereocenters. The maximum Gasteiger partial charge on any atom is 0.186 e. The van der Waals surface area contributed by atoms with E-state index >= 15 is 0 Å². The Morgan fingerprint density at radius 2 is 1.79 bits per heavy atom. The van der Waals surface area contributed by atoms with Crippen LogP contribution in [0.25, 0.3) is 11.0 Å². The van der Waals surface area contributed by atoms with Crippen LogP contribution in [0.2, 0.25) is 0 Å². The molecular formula is C18H18N6. The van der Waals surface area contributed by atoms with Crippen molar-refractivity contribution in [3.05, 3.63) is 72.3 Å². The fourth-order valence-corrected chi connectivity index (χ4v) is 2.78. The lowest BCUT2D eigenvalue weighted by molar-refractivity contribution is 0.405. The van der Waals surface area contributed by atoms with Crippen molar-refractivity contribution in [3.63, 3.8) is 0 Å². The molecule has 1 aromatic carbocycles. The van der Waals surface area contributed by atoms with E-state index in [2.05, 4.69) is 68.7 Å². The van der Waals surface area contributed by atoms with Gasteiger partial charge in [-0.05, 0) is 23.4 Å². The number of rotatable bonds is 4. The van der Waals surface area contributed by atoms with E-state index in [0.717, 1.165) is 18.5 Å². The Bertz CT molecular complexity index is 907. The predicted molar refractivity (Wildman–Crippen MR) is 94.0 cm³/mol. The fraction of sp³-hybridized carbons (Fsp3) is 0.167. The van der Waals surface area contributed by atoms with E-state index < -0.39 is 0 Å². The molecule has 120 valence electrons. The van der Waals surface area contributed by atoms with E-state index in [0.29, 0.717) is 18.0 Å². The summed E-state index contributed by atoms with van der Waals surface area (Å²) < 4.78 is 1.85. The third-order valence-corrected chi connectivity index (χ3v) is 4.03. The van der Waals surface area contributed by atoms with E-state index in [9.17, 15) is 0 Å². The summed E-state index contributed by atoms with van der Waals surface area (Å²) in [6.45, 7) is 2.56. The number of benzene rings is 1. The van der Waals surface area contributed by atoms with Crippen molar-refractivity contribution < 1.29 is 0 Å². The summed E-state index contributed by atoms with van der Waals surface area (Å²) in [5.74, 6) is 0.463. The minimum atomic E-state index is 0.463. The maximum atomic E-state index is 5.85. The van der Waals surface area contributed by atoms with Gasteiger partial charge in [-0.25, -0.2) is 9.97 Å². The molecule has 1 aliphatic heterocycles. The van der Waals surface area contributed by atoms with Crippen LogP contribution < -0.4 is 5.73 Å². The molecule has 0 saturated carbocycles. The van der Waals surface area contributed by atoms with Gasteiger partial charge in [0.15, 0.2) is 5.65 Å². The molecule has 0 aliphatic carbocycles. The molecule has 0 saturated heterocycles. The highest BCUT2D eigenvalue weighted by molar-refractivity contribution is 5.84. The number of anilines is 1. The molecule has 4 rings (SSSR count). The Balaban J connectivity index is 1.47. The lowest BCUT2D eigenvalue weighted by Gasteiger charge is -2.20. The highest BCUT2D eigenvalue weighted by atomic mass is 15.3. The predicted octanol–water partition coefficient (Wildman–Crippen LogP) is 2.34. The molecular weight excluding hydrogens is 300 g/mol. The molecule has 0 fully saturated rings. The molecule has 0 unspecified atom stereocenters. The topological polar surface area (TPSA) is 72.9 Å². The van der Waals surface area contributed by atoms with Crippen molar-refractivity contribution in [2.24, 2.45) is 0 Å². The molecule has 0 spiro atoms. The van der Waals surface area contributed by atoms with Gasteiger partial charge in [-0.15, -0.1) is 0 Å². The van der Waals surface area contributed by atoms with Crippen molar-refractivity contribution in [1.29, 1.82) is 0 Å². The van der Waals surface area contributed by atoms with Crippen LogP contribution in [0.5, 0.6) is 0 Å². The first kappa shape index (κ1) is 14.4. The van der Waals surface area contributed by atoms with Crippen LogP contribution in [0.15, 0.2) is 61.2 Å². The maximum absolute atomic E-state index is 5.85. The number of allylic oxidation sites excluding steroid dienone is 2. The van der Waals surface area contributed by atoms with E-state index in [4.69, 9.17) is 5.73 Å². The Kier molecular flexibility index (Phi) is 3.70. The monoisotopic (exact) mass is 318 g/mol. The van der Waals surface area contributed by atoms with Crippen LogP contribution in [0, 0.1) is 0 Å². The second kappa shape index (κ2) is 6.16. The average molecular weight is 318 g/mol. The summed E-state index contributed by atoms with van der Waals surface area (Å²) in [6.07, 6.45) is 11.7. The summed E-state index contributed by atoms with van der Waals surface area (Å²) in [6, 6.07) is 8.61. The normalized spacial score (nSPS) is 13.8. The van der Waals surface area contributed by atoms with Gasteiger partial charge >= 0.3 is 0 Å².